The van der Waals surface area contributed by atoms with E-state index in [-0.39, 0.29) is 17.7 Å². The largest absolute Gasteiger partial charge is 0.496 e. The van der Waals surface area contributed by atoms with E-state index in [1.54, 1.807) is 18.2 Å². The van der Waals surface area contributed by atoms with Gasteiger partial charge in [-0.15, -0.1) is 0 Å². The minimum atomic E-state index is -3.38. The van der Waals surface area contributed by atoms with Crippen LogP contribution in [-0.2, 0) is 19.4 Å². The predicted octanol–water partition coefficient (Wildman–Crippen LogP) is -0.229. The summed E-state index contributed by atoms with van der Waals surface area (Å²) in [5.74, 6) is -2.59. The number of methoxy groups -OCH3 is 1. The Morgan fingerprint density at radius 1 is 1.27 bits per heavy atom. The number of hydrogen-bond acceptors (Lipinski definition) is 6. The number of aliphatic carboxylic acids is 1. The smallest absolute Gasteiger partial charge is 0.323 e. The van der Waals surface area contributed by atoms with E-state index in [9.17, 15) is 22.8 Å². The molecule has 0 fully saturated rings. The van der Waals surface area contributed by atoms with Crippen LogP contribution in [-0.4, -0.2) is 75.0 Å². The SMILES string of the molecule is COc1ccccc1C(=O)NC(CCS(C)(=O)=O)C(=O)N(C)CC(=O)O. The Kier molecular flexibility index (Phi) is 7.56. The highest BCUT2D eigenvalue weighted by Crippen LogP contribution is 2.17. The van der Waals surface area contributed by atoms with Crippen molar-refractivity contribution in [1.82, 2.24) is 10.2 Å². The Bertz CT molecular complexity index is 777. The number of carboxylic acids is 1. The summed E-state index contributed by atoms with van der Waals surface area (Å²) in [4.78, 5) is 36.6. The number of nitrogens with zero attached hydrogens (tertiary/aromatic N) is 1. The molecule has 9 nitrogen and oxygen atoms in total. The molecule has 0 bridgehead atoms. The molecule has 0 radical (unpaired) electrons. The summed E-state index contributed by atoms with van der Waals surface area (Å²) in [5.41, 5.74) is 0.174. The van der Waals surface area contributed by atoms with Crippen molar-refractivity contribution < 1.29 is 32.6 Å². The third-order valence-corrected chi connectivity index (χ3v) is 4.46. The second kappa shape index (κ2) is 9.18. The van der Waals surface area contributed by atoms with E-state index in [0.29, 0.717) is 5.75 Å². The molecular weight excluding hydrogens is 364 g/mol. The zero-order chi connectivity index (χ0) is 19.9. The van der Waals surface area contributed by atoms with E-state index in [0.717, 1.165) is 11.2 Å². The normalized spacial score (nSPS) is 12.1. The molecule has 2 N–H and O–H groups in total. The average molecular weight is 386 g/mol. The van der Waals surface area contributed by atoms with E-state index < -0.39 is 40.2 Å². The molecule has 0 aliphatic carbocycles. The number of para-hydroxylation sites is 1. The topological polar surface area (TPSA) is 130 Å². The Balaban J connectivity index is 3.02. The zero-order valence-electron chi connectivity index (χ0n) is 14.8. The van der Waals surface area contributed by atoms with E-state index in [1.165, 1.54) is 20.2 Å². The van der Waals surface area contributed by atoms with Gasteiger partial charge in [-0.3, -0.25) is 14.4 Å². The van der Waals surface area contributed by atoms with Crippen molar-refractivity contribution in [3.8, 4) is 5.75 Å². The Hall–Kier alpha value is -2.62. The molecule has 0 spiro atoms. The zero-order valence-corrected chi connectivity index (χ0v) is 15.6. The number of carbonyl (C=O) groups is 3. The van der Waals surface area contributed by atoms with Gasteiger partial charge >= 0.3 is 5.97 Å². The summed E-state index contributed by atoms with van der Waals surface area (Å²) in [6.45, 7) is -0.571. The van der Waals surface area contributed by atoms with Gasteiger partial charge in [-0.25, -0.2) is 8.42 Å². The molecule has 0 aliphatic heterocycles. The van der Waals surface area contributed by atoms with Crippen molar-refractivity contribution in [2.24, 2.45) is 0 Å². The highest BCUT2D eigenvalue weighted by atomic mass is 32.2. The lowest BCUT2D eigenvalue weighted by molar-refractivity contribution is -0.144. The average Bonchev–Trinajstić information content (AvgIpc) is 2.56. The van der Waals surface area contributed by atoms with Crippen LogP contribution in [0.15, 0.2) is 24.3 Å². The Morgan fingerprint density at radius 2 is 1.88 bits per heavy atom. The first-order valence-corrected chi connectivity index (χ1v) is 9.69. The molecule has 144 valence electrons. The minimum absolute atomic E-state index is 0.174. The molecule has 0 saturated heterocycles. The fraction of sp³-hybridized carbons (Fsp3) is 0.438. The van der Waals surface area contributed by atoms with E-state index in [4.69, 9.17) is 9.84 Å². The number of hydrogen-bond donors (Lipinski definition) is 2. The lowest BCUT2D eigenvalue weighted by Gasteiger charge is -2.23. The number of likely N-dealkylation sites (N-methyl/N-ethyl adjacent to an activating group) is 1. The van der Waals surface area contributed by atoms with Crippen LogP contribution in [0.25, 0.3) is 0 Å². The van der Waals surface area contributed by atoms with Crippen molar-refractivity contribution in [1.29, 1.82) is 0 Å². The van der Waals surface area contributed by atoms with Crippen molar-refractivity contribution in [3.05, 3.63) is 29.8 Å². The molecule has 0 heterocycles. The van der Waals surface area contributed by atoms with Gasteiger partial charge in [0.1, 0.15) is 28.2 Å². The molecule has 26 heavy (non-hydrogen) atoms. The molecule has 1 aromatic carbocycles. The van der Waals surface area contributed by atoms with Crippen LogP contribution in [0.5, 0.6) is 5.75 Å². The number of ether oxygens (including phenoxy) is 1. The van der Waals surface area contributed by atoms with Crippen molar-refractivity contribution in [2.45, 2.75) is 12.5 Å². The van der Waals surface area contributed by atoms with Gasteiger partial charge in [0.2, 0.25) is 5.91 Å². The summed E-state index contributed by atoms with van der Waals surface area (Å²) in [6, 6.07) is 5.15. The van der Waals surface area contributed by atoms with Crippen molar-refractivity contribution in [2.75, 3.05) is 32.7 Å². The van der Waals surface area contributed by atoms with Crippen LogP contribution in [0.1, 0.15) is 16.8 Å². The third kappa shape index (κ3) is 6.71. The van der Waals surface area contributed by atoms with Crippen molar-refractivity contribution >= 4 is 27.6 Å². The number of carboxylic acid groups (broad SMARTS) is 1. The van der Waals surface area contributed by atoms with Gasteiger partial charge in [-0.2, -0.15) is 0 Å². The second-order valence-corrected chi connectivity index (χ2v) is 7.99. The number of benzene rings is 1. The Morgan fingerprint density at radius 3 is 2.42 bits per heavy atom. The fourth-order valence-electron chi connectivity index (χ4n) is 2.20. The van der Waals surface area contributed by atoms with Gasteiger partial charge < -0.3 is 20.1 Å². The molecule has 1 rings (SSSR count). The molecule has 1 atom stereocenters. The van der Waals surface area contributed by atoms with Gasteiger partial charge in [0.05, 0.1) is 18.4 Å². The number of carbonyl (C=O) groups excluding carboxylic acids is 2. The van der Waals surface area contributed by atoms with Gasteiger partial charge in [-0.1, -0.05) is 12.1 Å². The monoisotopic (exact) mass is 386 g/mol. The molecule has 1 aromatic rings. The quantitative estimate of drug-likeness (QED) is 0.599. The first-order chi connectivity index (χ1) is 12.0. The van der Waals surface area contributed by atoms with Crippen molar-refractivity contribution in [3.63, 3.8) is 0 Å². The first kappa shape index (κ1) is 21.4. The van der Waals surface area contributed by atoms with Crippen LogP contribution >= 0.6 is 0 Å². The van der Waals surface area contributed by atoms with E-state index in [2.05, 4.69) is 5.32 Å². The van der Waals surface area contributed by atoms with Crippen LogP contribution in [0.4, 0.5) is 0 Å². The number of amides is 2. The third-order valence-electron chi connectivity index (χ3n) is 3.48. The van der Waals surface area contributed by atoms with Gasteiger partial charge in [-0.05, 0) is 18.6 Å². The van der Waals surface area contributed by atoms with E-state index in [1.807, 2.05) is 0 Å². The molecule has 2 amide bonds. The van der Waals surface area contributed by atoms with Gasteiger partial charge in [0.15, 0.2) is 0 Å². The first-order valence-electron chi connectivity index (χ1n) is 7.63. The molecule has 0 aromatic heterocycles. The highest BCUT2D eigenvalue weighted by Gasteiger charge is 2.27. The van der Waals surface area contributed by atoms with E-state index >= 15 is 0 Å². The summed E-state index contributed by atoms with van der Waals surface area (Å²) < 4.78 is 27.9. The van der Waals surface area contributed by atoms with Crippen LogP contribution in [0.3, 0.4) is 0 Å². The lowest BCUT2D eigenvalue weighted by Crippen LogP contribution is -2.49. The molecule has 10 heteroatoms. The summed E-state index contributed by atoms with van der Waals surface area (Å²) in [6.07, 6.45) is 0.833. The highest BCUT2D eigenvalue weighted by molar-refractivity contribution is 7.90. The summed E-state index contributed by atoms with van der Waals surface area (Å²) >= 11 is 0. The maximum absolute atomic E-state index is 12.5. The standard InChI is InChI=1S/C16H22N2O7S/c1-18(10-14(19)20)16(22)12(8-9-26(3,23)24)17-15(21)11-6-4-5-7-13(11)25-2/h4-7,12H,8-10H2,1-3H3,(H,17,21)(H,19,20). The maximum atomic E-state index is 12.5. The number of nitrogens with one attached hydrogen (secondary N) is 1. The molecule has 1 unspecified atom stereocenters. The fourth-order valence-corrected chi connectivity index (χ4v) is 2.87. The predicted molar refractivity (Wildman–Crippen MR) is 93.8 cm³/mol. The number of rotatable bonds is 9. The van der Waals surface area contributed by atoms with Gasteiger partial charge in [0, 0.05) is 13.3 Å². The number of sulfone groups is 1. The van der Waals surface area contributed by atoms with Crippen LogP contribution in [0.2, 0.25) is 0 Å². The molecular formula is C16H22N2O7S. The minimum Gasteiger partial charge on any atom is -0.496 e. The summed E-state index contributed by atoms with van der Waals surface area (Å²) in [5, 5.41) is 11.3. The summed E-state index contributed by atoms with van der Waals surface area (Å²) in [7, 11) is -0.727. The maximum Gasteiger partial charge on any atom is 0.323 e. The van der Waals surface area contributed by atoms with Gasteiger partial charge in [0.25, 0.3) is 5.91 Å². The van der Waals surface area contributed by atoms with Crippen LogP contribution in [0, 0.1) is 0 Å². The van der Waals surface area contributed by atoms with Crippen LogP contribution < -0.4 is 10.1 Å². The second-order valence-electron chi connectivity index (χ2n) is 5.73. The Labute approximate surface area is 151 Å². The lowest BCUT2D eigenvalue weighted by atomic mass is 10.1. The molecule has 0 saturated carbocycles. The molecule has 0 aliphatic rings.